The van der Waals surface area contributed by atoms with Crippen molar-refractivity contribution >= 4 is 22.2 Å². The summed E-state index contributed by atoms with van der Waals surface area (Å²) in [6.07, 6.45) is 6.67. The zero-order valence-corrected chi connectivity index (χ0v) is 17.2. The summed E-state index contributed by atoms with van der Waals surface area (Å²) in [6, 6.07) is 5.12. The molecule has 29 heavy (non-hydrogen) atoms. The number of hydrogen-bond donors (Lipinski definition) is 1. The van der Waals surface area contributed by atoms with Gasteiger partial charge < -0.3 is 5.11 Å². The largest absolute Gasteiger partial charge is 0.394 e. The van der Waals surface area contributed by atoms with E-state index in [1.165, 1.54) is 10.9 Å². The van der Waals surface area contributed by atoms with E-state index in [4.69, 9.17) is 4.98 Å². The first-order valence-corrected chi connectivity index (χ1v) is 10.2. The minimum absolute atomic E-state index is 0.146. The zero-order chi connectivity index (χ0) is 20.5. The van der Waals surface area contributed by atoms with Crippen LogP contribution in [0, 0.1) is 0 Å². The lowest BCUT2D eigenvalue weighted by Crippen LogP contribution is -2.25. The third-order valence-corrected chi connectivity index (χ3v) is 6.03. The second kappa shape index (κ2) is 7.81. The Morgan fingerprint density at radius 1 is 1.21 bits per heavy atom. The van der Waals surface area contributed by atoms with Crippen LogP contribution in [0.25, 0.3) is 32.7 Å². The Hall–Kier alpha value is -2.97. The summed E-state index contributed by atoms with van der Waals surface area (Å²) in [6.45, 7) is 5.82. The van der Waals surface area contributed by atoms with Crippen LogP contribution in [0.15, 0.2) is 47.9 Å². The van der Waals surface area contributed by atoms with Crippen molar-refractivity contribution in [1.29, 1.82) is 0 Å². The van der Waals surface area contributed by atoms with Gasteiger partial charge in [-0.1, -0.05) is 13.8 Å². The molecule has 0 radical (unpaired) electrons. The maximum absolute atomic E-state index is 13.2. The van der Waals surface area contributed by atoms with E-state index in [1.807, 2.05) is 12.1 Å². The van der Waals surface area contributed by atoms with Crippen LogP contribution < -0.4 is 5.56 Å². The van der Waals surface area contributed by atoms with Crippen molar-refractivity contribution in [3.05, 3.63) is 58.5 Å². The van der Waals surface area contributed by atoms with Crippen molar-refractivity contribution < 1.29 is 5.11 Å². The lowest BCUT2D eigenvalue weighted by atomic mass is 10.1. The number of fused-ring (bicyclic) bond motifs is 1. The van der Waals surface area contributed by atoms with Gasteiger partial charge in [-0.25, -0.2) is 15.0 Å². The van der Waals surface area contributed by atoms with E-state index in [0.717, 1.165) is 15.4 Å². The van der Waals surface area contributed by atoms with Gasteiger partial charge in [0, 0.05) is 30.1 Å². The Balaban J connectivity index is 2.01. The zero-order valence-electron chi connectivity index (χ0n) is 16.4. The van der Waals surface area contributed by atoms with E-state index in [1.54, 1.807) is 42.9 Å². The number of aliphatic hydroxyl groups is 1. The van der Waals surface area contributed by atoms with Crippen molar-refractivity contribution in [3.63, 3.8) is 0 Å². The second-order valence-electron chi connectivity index (χ2n) is 7.20. The summed E-state index contributed by atoms with van der Waals surface area (Å²) in [5, 5.41) is 11.0. The maximum Gasteiger partial charge on any atom is 0.261 e. The van der Waals surface area contributed by atoms with Crippen LogP contribution in [-0.4, -0.2) is 36.2 Å². The minimum atomic E-state index is -0.367. The number of aromatic nitrogens is 5. The Bertz CT molecular complexity index is 1220. The minimum Gasteiger partial charge on any atom is -0.394 e. The number of rotatable bonds is 5. The first-order chi connectivity index (χ1) is 14.0. The van der Waals surface area contributed by atoms with Crippen molar-refractivity contribution in [2.75, 3.05) is 6.61 Å². The molecule has 0 fully saturated rings. The molecule has 0 spiro atoms. The average molecular weight is 407 g/mol. The summed E-state index contributed by atoms with van der Waals surface area (Å²) in [5.74, 6) is 0.316. The highest BCUT2D eigenvalue weighted by Gasteiger charge is 2.18. The summed E-state index contributed by atoms with van der Waals surface area (Å²) < 4.78 is 1.45. The van der Waals surface area contributed by atoms with E-state index in [2.05, 4.69) is 28.8 Å². The molecule has 0 bridgehead atoms. The van der Waals surface area contributed by atoms with E-state index in [9.17, 15) is 9.90 Å². The Morgan fingerprint density at radius 2 is 2.03 bits per heavy atom. The molecular formula is C21H21N5O2S. The van der Waals surface area contributed by atoms with Crippen LogP contribution in [0.2, 0.25) is 0 Å². The van der Waals surface area contributed by atoms with Crippen molar-refractivity contribution in [3.8, 4) is 21.8 Å². The fraction of sp³-hybridized carbons (Fsp3) is 0.286. The second-order valence-corrected chi connectivity index (χ2v) is 8.26. The summed E-state index contributed by atoms with van der Waals surface area (Å²) in [4.78, 5) is 32.1. The highest BCUT2D eigenvalue weighted by atomic mass is 32.1. The summed E-state index contributed by atoms with van der Waals surface area (Å²) in [7, 11) is 0. The van der Waals surface area contributed by atoms with E-state index in [-0.39, 0.29) is 18.2 Å². The number of thiazole rings is 1. The van der Waals surface area contributed by atoms with E-state index >= 15 is 0 Å². The molecule has 7 nitrogen and oxygen atoms in total. The number of hydrogen-bond acceptors (Lipinski definition) is 7. The molecule has 4 heterocycles. The molecule has 0 aromatic carbocycles. The third-order valence-electron chi connectivity index (χ3n) is 4.71. The topological polar surface area (TPSA) is 93.8 Å². The van der Waals surface area contributed by atoms with Crippen LogP contribution in [0.3, 0.4) is 0 Å². The first kappa shape index (κ1) is 19.4. The monoisotopic (exact) mass is 407 g/mol. The van der Waals surface area contributed by atoms with Crippen LogP contribution in [0.4, 0.5) is 0 Å². The molecule has 4 aromatic rings. The van der Waals surface area contributed by atoms with Gasteiger partial charge in [-0.05, 0) is 25.1 Å². The van der Waals surface area contributed by atoms with Crippen molar-refractivity contribution in [2.45, 2.75) is 32.7 Å². The van der Waals surface area contributed by atoms with Crippen LogP contribution >= 0.6 is 11.3 Å². The Kier molecular flexibility index (Phi) is 5.21. The van der Waals surface area contributed by atoms with Gasteiger partial charge in [0.05, 0.1) is 45.6 Å². The average Bonchev–Trinajstić information content (AvgIpc) is 3.24. The standard InChI is InChI=1S/C21H21N5O2S/c1-12(2)20-23-9-17(29-20)16-7-15-19(18(25-16)14-5-4-6-22-8-14)24-11-26(21(15)28)13(3)10-27/h4-9,11-13,27H,10H2,1-3H3/t13-/m0/s1. The highest BCUT2D eigenvalue weighted by molar-refractivity contribution is 7.15. The summed E-state index contributed by atoms with van der Waals surface area (Å²) >= 11 is 1.57. The van der Waals surface area contributed by atoms with Gasteiger partial charge in [0.25, 0.3) is 5.56 Å². The fourth-order valence-corrected chi connectivity index (χ4v) is 3.93. The molecule has 0 saturated carbocycles. The van der Waals surface area contributed by atoms with Crippen molar-refractivity contribution in [1.82, 2.24) is 24.5 Å². The maximum atomic E-state index is 13.2. The number of pyridine rings is 2. The smallest absolute Gasteiger partial charge is 0.261 e. The van der Waals surface area contributed by atoms with Crippen LogP contribution in [0.5, 0.6) is 0 Å². The fourth-order valence-electron chi connectivity index (χ4n) is 3.05. The molecule has 1 N–H and O–H groups in total. The van der Waals surface area contributed by atoms with Gasteiger partial charge in [0.15, 0.2) is 0 Å². The number of aliphatic hydroxyl groups excluding tert-OH is 1. The van der Waals surface area contributed by atoms with E-state index < -0.39 is 0 Å². The molecule has 148 valence electrons. The van der Waals surface area contributed by atoms with Gasteiger partial charge >= 0.3 is 0 Å². The quantitative estimate of drug-likeness (QED) is 0.543. The Labute approximate surface area is 171 Å². The van der Waals surface area contributed by atoms with Crippen LogP contribution in [-0.2, 0) is 0 Å². The molecule has 4 aromatic heterocycles. The van der Waals surface area contributed by atoms with E-state index in [0.29, 0.717) is 28.2 Å². The molecule has 1 atom stereocenters. The van der Waals surface area contributed by atoms with Crippen molar-refractivity contribution in [2.24, 2.45) is 0 Å². The van der Waals surface area contributed by atoms with Gasteiger partial charge in [-0.3, -0.25) is 14.3 Å². The van der Waals surface area contributed by atoms with Gasteiger partial charge in [0.1, 0.15) is 5.52 Å². The lowest BCUT2D eigenvalue weighted by molar-refractivity contribution is 0.236. The predicted octanol–water partition coefficient (Wildman–Crippen LogP) is 3.65. The normalized spacial score (nSPS) is 12.6. The molecule has 0 unspecified atom stereocenters. The first-order valence-electron chi connectivity index (χ1n) is 9.38. The molecule has 0 aliphatic rings. The molecular weight excluding hydrogens is 386 g/mol. The predicted molar refractivity (Wildman–Crippen MR) is 114 cm³/mol. The molecule has 0 amide bonds. The lowest BCUT2D eigenvalue weighted by Gasteiger charge is -2.14. The highest BCUT2D eigenvalue weighted by Crippen LogP contribution is 2.32. The molecule has 0 aliphatic carbocycles. The summed E-state index contributed by atoms with van der Waals surface area (Å²) in [5.41, 5.74) is 2.37. The molecule has 4 rings (SSSR count). The Morgan fingerprint density at radius 3 is 2.69 bits per heavy atom. The van der Waals surface area contributed by atoms with Gasteiger partial charge in [0.2, 0.25) is 0 Å². The van der Waals surface area contributed by atoms with Gasteiger partial charge in [-0.15, -0.1) is 11.3 Å². The molecule has 0 aliphatic heterocycles. The van der Waals surface area contributed by atoms with Gasteiger partial charge in [-0.2, -0.15) is 0 Å². The third kappa shape index (κ3) is 3.56. The number of nitrogens with zero attached hydrogens (tertiary/aromatic N) is 5. The molecule has 8 heteroatoms. The molecule has 0 saturated heterocycles. The van der Waals surface area contributed by atoms with Crippen LogP contribution in [0.1, 0.15) is 37.7 Å². The SMILES string of the molecule is CC(C)c1ncc(-c2cc3c(=O)n([C@@H](C)CO)cnc3c(-c3cccnc3)n2)s1.